The molecule has 19 heavy (non-hydrogen) atoms. The second-order valence-corrected chi connectivity index (χ2v) is 4.22. The van der Waals surface area contributed by atoms with Gasteiger partial charge in [0, 0.05) is 11.1 Å². The lowest BCUT2D eigenvalue weighted by molar-refractivity contribution is 0.104. The predicted octanol–water partition coefficient (Wildman–Crippen LogP) is 3.60. The van der Waals surface area contributed by atoms with Gasteiger partial charge in [-0.2, -0.15) is 0 Å². The number of rotatable bonds is 3. The zero-order valence-electron chi connectivity index (χ0n) is 10.3. The van der Waals surface area contributed by atoms with Crippen LogP contribution in [0.4, 0.5) is 0 Å². The lowest BCUT2D eigenvalue weighted by Crippen LogP contribution is -1.94. The van der Waals surface area contributed by atoms with Gasteiger partial charge in [-0.15, -0.1) is 0 Å². The first kappa shape index (κ1) is 11.4. The van der Waals surface area contributed by atoms with Crippen LogP contribution in [0, 0.1) is 0 Å². The molecule has 0 bridgehead atoms. The molecule has 0 aliphatic carbocycles. The Bertz CT molecular complexity index is 757. The van der Waals surface area contributed by atoms with Crippen LogP contribution in [-0.2, 0) is 0 Å². The van der Waals surface area contributed by atoms with Crippen molar-refractivity contribution in [3.05, 3.63) is 66.7 Å². The van der Waals surface area contributed by atoms with Crippen LogP contribution >= 0.6 is 0 Å². The van der Waals surface area contributed by atoms with Gasteiger partial charge in [0.1, 0.15) is 11.3 Å². The van der Waals surface area contributed by atoms with E-state index < -0.39 is 0 Å². The molecule has 0 spiro atoms. The van der Waals surface area contributed by atoms with Crippen LogP contribution in [0.15, 0.2) is 61.2 Å². The number of H-pyrrole nitrogens is 1. The van der Waals surface area contributed by atoms with Crippen LogP contribution in [-0.4, -0.2) is 15.8 Å². The molecule has 0 unspecified atom stereocenters. The standard InChI is InChI=1S/C16H12N2O/c1-2-14(19)12-9-6-10-13-15(12)18-16(17-13)11-7-4-3-5-8-11/h2-10H,1H2,(H,17,18). The number of imidazole rings is 1. The van der Waals surface area contributed by atoms with Crippen molar-refractivity contribution in [1.29, 1.82) is 0 Å². The maximum absolute atomic E-state index is 11.8. The molecular formula is C16H12N2O. The number of hydrogen-bond donors (Lipinski definition) is 1. The molecule has 0 saturated carbocycles. The summed E-state index contributed by atoms with van der Waals surface area (Å²) in [6, 6.07) is 15.3. The number of allylic oxidation sites excluding steroid dienone is 1. The molecular weight excluding hydrogens is 236 g/mol. The van der Waals surface area contributed by atoms with E-state index in [1.54, 1.807) is 6.07 Å². The first-order chi connectivity index (χ1) is 9.29. The molecule has 0 fully saturated rings. The lowest BCUT2D eigenvalue weighted by Gasteiger charge is -1.95. The van der Waals surface area contributed by atoms with Crippen LogP contribution in [0.1, 0.15) is 10.4 Å². The number of aromatic nitrogens is 2. The third kappa shape index (κ3) is 1.95. The smallest absolute Gasteiger partial charge is 0.187 e. The van der Waals surface area contributed by atoms with Crippen molar-refractivity contribution >= 4 is 16.8 Å². The number of nitrogens with one attached hydrogen (secondary N) is 1. The number of nitrogens with zero attached hydrogens (tertiary/aromatic N) is 1. The fourth-order valence-electron chi connectivity index (χ4n) is 2.07. The van der Waals surface area contributed by atoms with E-state index in [1.165, 1.54) is 6.08 Å². The number of benzene rings is 2. The third-order valence-electron chi connectivity index (χ3n) is 3.01. The average Bonchev–Trinajstić information content (AvgIpc) is 2.91. The molecule has 1 aromatic heterocycles. The molecule has 1 N–H and O–H groups in total. The van der Waals surface area contributed by atoms with Gasteiger partial charge >= 0.3 is 0 Å². The summed E-state index contributed by atoms with van der Waals surface area (Å²) < 4.78 is 0. The van der Waals surface area contributed by atoms with Gasteiger partial charge in [0.2, 0.25) is 0 Å². The molecule has 3 nitrogen and oxygen atoms in total. The van der Waals surface area contributed by atoms with Crippen molar-refractivity contribution in [2.45, 2.75) is 0 Å². The van der Waals surface area contributed by atoms with Gasteiger partial charge in [-0.3, -0.25) is 4.79 Å². The summed E-state index contributed by atoms with van der Waals surface area (Å²) in [5, 5.41) is 0. The summed E-state index contributed by atoms with van der Waals surface area (Å²) in [6.07, 6.45) is 1.31. The highest BCUT2D eigenvalue weighted by Gasteiger charge is 2.11. The largest absolute Gasteiger partial charge is 0.338 e. The van der Waals surface area contributed by atoms with E-state index in [2.05, 4.69) is 16.5 Å². The number of aromatic amines is 1. The number of para-hydroxylation sites is 1. The van der Waals surface area contributed by atoms with Gasteiger partial charge in [-0.25, -0.2) is 4.98 Å². The first-order valence-corrected chi connectivity index (χ1v) is 6.00. The van der Waals surface area contributed by atoms with E-state index in [9.17, 15) is 4.79 Å². The van der Waals surface area contributed by atoms with Crippen molar-refractivity contribution < 1.29 is 4.79 Å². The summed E-state index contributed by atoms with van der Waals surface area (Å²) in [5.41, 5.74) is 3.11. The van der Waals surface area contributed by atoms with Crippen molar-refractivity contribution in [3.8, 4) is 11.4 Å². The summed E-state index contributed by atoms with van der Waals surface area (Å²) in [4.78, 5) is 19.6. The number of fused-ring (bicyclic) bond motifs is 1. The summed E-state index contributed by atoms with van der Waals surface area (Å²) in [6.45, 7) is 3.52. The van der Waals surface area contributed by atoms with Crippen LogP contribution < -0.4 is 0 Å². The molecule has 0 aliphatic heterocycles. The number of carbonyl (C=O) groups excluding carboxylic acids is 1. The van der Waals surface area contributed by atoms with Crippen molar-refractivity contribution in [3.63, 3.8) is 0 Å². The van der Waals surface area contributed by atoms with Crippen LogP contribution in [0.3, 0.4) is 0 Å². The molecule has 3 aromatic rings. The van der Waals surface area contributed by atoms with Crippen LogP contribution in [0.2, 0.25) is 0 Å². The maximum atomic E-state index is 11.8. The number of carbonyl (C=O) groups is 1. The molecule has 3 heteroatoms. The summed E-state index contributed by atoms with van der Waals surface area (Å²) in [5.74, 6) is 0.650. The highest BCUT2D eigenvalue weighted by molar-refractivity contribution is 6.12. The molecule has 0 atom stereocenters. The minimum atomic E-state index is -0.114. The number of ketones is 1. The van der Waals surface area contributed by atoms with E-state index in [0.717, 1.165) is 16.9 Å². The Morgan fingerprint density at radius 1 is 1.11 bits per heavy atom. The van der Waals surface area contributed by atoms with E-state index in [-0.39, 0.29) is 5.78 Å². The van der Waals surface area contributed by atoms with Crippen molar-refractivity contribution in [2.75, 3.05) is 0 Å². The molecule has 0 aliphatic rings. The quantitative estimate of drug-likeness (QED) is 0.568. The Morgan fingerprint density at radius 2 is 1.89 bits per heavy atom. The van der Waals surface area contributed by atoms with E-state index in [4.69, 9.17) is 0 Å². The van der Waals surface area contributed by atoms with Gasteiger partial charge in [-0.05, 0) is 18.2 Å². The Morgan fingerprint density at radius 3 is 2.63 bits per heavy atom. The Balaban J connectivity index is 2.21. The molecule has 3 rings (SSSR count). The second kappa shape index (κ2) is 4.53. The Kier molecular flexibility index (Phi) is 2.72. The third-order valence-corrected chi connectivity index (χ3v) is 3.01. The second-order valence-electron chi connectivity index (χ2n) is 4.22. The first-order valence-electron chi connectivity index (χ1n) is 6.00. The summed E-state index contributed by atoms with van der Waals surface area (Å²) >= 11 is 0. The minimum Gasteiger partial charge on any atom is -0.338 e. The highest BCUT2D eigenvalue weighted by Crippen LogP contribution is 2.23. The van der Waals surface area contributed by atoms with Crippen molar-refractivity contribution in [2.24, 2.45) is 0 Å². The molecule has 92 valence electrons. The minimum absolute atomic E-state index is 0.114. The molecule has 1 heterocycles. The van der Waals surface area contributed by atoms with E-state index in [0.29, 0.717) is 11.1 Å². The molecule has 2 aromatic carbocycles. The normalized spacial score (nSPS) is 10.5. The monoisotopic (exact) mass is 248 g/mol. The number of hydrogen-bond acceptors (Lipinski definition) is 2. The van der Waals surface area contributed by atoms with Gasteiger partial charge in [0.25, 0.3) is 0 Å². The topological polar surface area (TPSA) is 45.8 Å². The average molecular weight is 248 g/mol. The van der Waals surface area contributed by atoms with Crippen LogP contribution in [0.25, 0.3) is 22.4 Å². The van der Waals surface area contributed by atoms with Crippen molar-refractivity contribution in [1.82, 2.24) is 9.97 Å². The van der Waals surface area contributed by atoms with Crippen LogP contribution in [0.5, 0.6) is 0 Å². The van der Waals surface area contributed by atoms with E-state index >= 15 is 0 Å². The molecule has 0 amide bonds. The molecule has 0 radical (unpaired) electrons. The van der Waals surface area contributed by atoms with Gasteiger partial charge < -0.3 is 4.98 Å². The van der Waals surface area contributed by atoms with Gasteiger partial charge in [0.05, 0.1) is 5.52 Å². The van der Waals surface area contributed by atoms with Gasteiger partial charge in [-0.1, -0.05) is 43.0 Å². The lowest BCUT2D eigenvalue weighted by atomic mass is 10.1. The van der Waals surface area contributed by atoms with Gasteiger partial charge in [0.15, 0.2) is 5.78 Å². The fourth-order valence-corrected chi connectivity index (χ4v) is 2.07. The predicted molar refractivity (Wildman–Crippen MR) is 76.1 cm³/mol. The SMILES string of the molecule is C=CC(=O)c1cccc2[nH]c(-c3ccccc3)nc12. The Labute approximate surface area is 110 Å². The zero-order chi connectivity index (χ0) is 13.2. The summed E-state index contributed by atoms with van der Waals surface area (Å²) in [7, 11) is 0. The zero-order valence-corrected chi connectivity index (χ0v) is 10.3. The fraction of sp³-hybridized carbons (Fsp3) is 0. The molecule has 0 saturated heterocycles. The van der Waals surface area contributed by atoms with E-state index in [1.807, 2.05) is 42.5 Å². The maximum Gasteiger partial charge on any atom is 0.187 e. The Hall–Kier alpha value is -2.68. The highest BCUT2D eigenvalue weighted by atomic mass is 16.1.